The molecule has 26 heavy (non-hydrogen) atoms. The third-order valence-electron chi connectivity index (χ3n) is 5.44. The predicted molar refractivity (Wildman–Crippen MR) is 104 cm³/mol. The molecule has 6 heteroatoms. The van der Waals surface area contributed by atoms with Crippen LogP contribution in [-0.2, 0) is 0 Å². The Hall–Kier alpha value is -2.57. The molecule has 3 aromatic rings. The normalized spacial score (nSPS) is 21.7. The van der Waals surface area contributed by atoms with Crippen LogP contribution < -0.4 is 4.90 Å². The van der Waals surface area contributed by atoms with Crippen LogP contribution in [-0.4, -0.2) is 33.2 Å². The van der Waals surface area contributed by atoms with Crippen molar-refractivity contribution < 1.29 is 9.90 Å². The van der Waals surface area contributed by atoms with Crippen molar-refractivity contribution in [2.75, 3.05) is 11.4 Å². The molecular formula is C20H17N3O2S. The monoisotopic (exact) mass is 363 g/mol. The van der Waals surface area contributed by atoms with Crippen molar-refractivity contribution in [3.63, 3.8) is 0 Å². The first-order valence-electron chi connectivity index (χ1n) is 8.57. The summed E-state index contributed by atoms with van der Waals surface area (Å²) in [6, 6.07) is 9.76. The number of aromatic nitrogens is 1. The second-order valence-corrected chi connectivity index (χ2v) is 7.67. The SMILES string of the molecule is Cc1cc2c(cc1C)C(=O)[C@]1(O)CCN(c3ccc4csnc4c3)C1=N2. The Morgan fingerprint density at radius 3 is 2.85 bits per heavy atom. The van der Waals surface area contributed by atoms with Crippen molar-refractivity contribution in [1.82, 2.24) is 4.37 Å². The number of hydrogen-bond donors (Lipinski definition) is 1. The van der Waals surface area contributed by atoms with E-state index in [1.54, 1.807) is 0 Å². The molecule has 3 heterocycles. The van der Waals surface area contributed by atoms with E-state index in [1.807, 2.05) is 54.5 Å². The molecule has 0 bridgehead atoms. The second-order valence-electron chi connectivity index (χ2n) is 7.04. The third kappa shape index (κ3) is 2.03. The molecule has 1 atom stereocenters. The maximum absolute atomic E-state index is 13.1. The number of ketones is 1. The molecule has 2 aliphatic heterocycles. The molecule has 0 saturated carbocycles. The molecule has 0 spiro atoms. The van der Waals surface area contributed by atoms with Gasteiger partial charge in [-0.05, 0) is 66.8 Å². The minimum atomic E-state index is -1.55. The van der Waals surface area contributed by atoms with Crippen LogP contribution in [0.2, 0.25) is 0 Å². The summed E-state index contributed by atoms with van der Waals surface area (Å²) in [5.74, 6) is 0.172. The zero-order chi connectivity index (χ0) is 18.1. The van der Waals surface area contributed by atoms with Crippen LogP contribution in [0.3, 0.4) is 0 Å². The van der Waals surface area contributed by atoms with Crippen LogP contribution in [0, 0.1) is 13.8 Å². The summed E-state index contributed by atoms with van der Waals surface area (Å²) in [6.07, 6.45) is 0.339. The molecule has 2 aromatic carbocycles. The number of aliphatic imine (C=N–C) groups is 1. The summed E-state index contributed by atoms with van der Waals surface area (Å²) < 4.78 is 4.39. The smallest absolute Gasteiger partial charge is 0.204 e. The van der Waals surface area contributed by atoms with Gasteiger partial charge in [-0.1, -0.05) is 0 Å². The molecule has 130 valence electrons. The van der Waals surface area contributed by atoms with E-state index in [0.717, 1.165) is 27.7 Å². The van der Waals surface area contributed by atoms with Gasteiger partial charge in [-0.25, -0.2) is 4.99 Å². The van der Waals surface area contributed by atoms with Crippen LogP contribution in [0.15, 0.2) is 40.7 Å². The lowest BCUT2D eigenvalue weighted by Gasteiger charge is -2.30. The van der Waals surface area contributed by atoms with Crippen LogP contribution in [0.25, 0.3) is 10.9 Å². The number of carbonyl (C=O) groups excluding carboxylic acids is 1. The predicted octanol–water partition coefficient (Wildman–Crippen LogP) is 3.78. The maximum Gasteiger partial charge on any atom is 0.204 e. The van der Waals surface area contributed by atoms with Gasteiger partial charge >= 0.3 is 0 Å². The minimum absolute atomic E-state index is 0.252. The zero-order valence-electron chi connectivity index (χ0n) is 14.5. The van der Waals surface area contributed by atoms with Crippen molar-refractivity contribution in [3.05, 3.63) is 52.4 Å². The molecule has 1 fully saturated rings. The Kier molecular flexibility index (Phi) is 3.14. The van der Waals surface area contributed by atoms with E-state index in [1.165, 1.54) is 11.5 Å². The molecule has 1 saturated heterocycles. The zero-order valence-corrected chi connectivity index (χ0v) is 15.3. The number of aryl methyl sites for hydroxylation is 2. The summed E-state index contributed by atoms with van der Waals surface area (Å²) in [7, 11) is 0. The first-order valence-corrected chi connectivity index (χ1v) is 9.40. The van der Waals surface area contributed by atoms with E-state index in [2.05, 4.69) is 4.37 Å². The standard InChI is InChI=1S/C20H17N3O2S/c1-11-7-15-17(8-12(11)2)21-19-20(25,18(15)24)5-6-23(19)14-4-3-13-10-26-22-16(13)9-14/h3-4,7-10,25H,5-6H2,1-2H3/t20-/m1/s1. The number of nitrogens with zero attached hydrogens (tertiary/aromatic N) is 3. The summed E-state index contributed by atoms with van der Waals surface area (Å²) in [4.78, 5) is 19.7. The van der Waals surface area contributed by atoms with Gasteiger partial charge in [-0.3, -0.25) is 4.79 Å². The Bertz CT molecular complexity index is 1120. The lowest BCUT2D eigenvalue weighted by atomic mass is 9.86. The topological polar surface area (TPSA) is 65.8 Å². The highest BCUT2D eigenvalue weighted by Crippen LogP contribution is 2.40. The lowest BCUT2D eigenvalue weighted by Crippen LogP contribution is -2.48. The first-order chi connectivity index (χ1) is 12.5. The molecule has 1 N–H and O–H groups in total. The lowest BCUT2D eigenvalue weighted by molar-refractivity contribution is 0.0602. The molecular weight excluding hydrogens is 346 g/mol. The van der Waals surface area contributed by atoms with Crippen LogP contribution in [0.1, 0.15) is 27.9 Å². The van der Waals surface area contributed by atoms with E-state index in [9.17, 15) is 9.90 Å². The van der Waals surface area contributed by atoms with Gasteiger partial charge in [-0.2, -0.15) is 4.37 Å². The Balaban J connectivity index is 1.67. The van der Waals surface area contributed by atoms with E-state index >= 15 is 0 Å². The molecule has 0 amide bonds. The van der Waals surface area contributed by atoms with E-state index in [-0.39, 0.29) is 5.78 Å². The second kappa shape index (κ2) is 5.22. The molecule has 1 aromatic heterocycles. The number of amidine groups is 1. The Morgan fingerprint density at radius 1 is 1.19 bits per heavy atom. The van der Waals surface area contributed by atoms with Crippen molar-refractivity contribution in [3.8, 4) is 0 Å². The van der Waals surface area contributed by atoms with Crippen LogP contribution in [0.5, 0.6) is 0 Å². The first kappa shape index (κ1) is 15.7. The quantitative estimate of drug-likeness (QED) is 0.714. The van der Waals surface area contributed by atoms with E-state index < -0.39 is 5.60 Å². The van der Waals surface area contributed by atoms with Gasteiger partial charge < -0.3 is 10.0 Å². The van der Waals surface area contributed by atoms with Gasteiger partial charge in [0.15, 0.2) is 5.60 Å². The van der Waals surface area contributed by atoms with Crippen LogP contribution >= 0.6 is 11.5 Å². The van der Waals surface area contributed by atoms with Gasteiger partial charge in [0.2, 0.25) is 5.78 Å². The van der Waals surface area contributed by atoms with Crippen molar-refractivity contribution in [1.29, 1.82) is 0 Å². The fourth-order valence-corrected chi connectivity index (χ4v) is 4.40. The molecule has 5 nitrogen and oxygen atoms in total. The highest BCUT2D eigenvalue weighted by Gasteiger charge is 2.52. The maximum atomic E-state index is 13.1. The van der Waals surface area contributed by atoms with Gasteiger partial charge in [-0.15, -0.1) is 0 Å². The number of Topliss-reactive ketones (excluding diaryl/α,β-unsaturated/α-hetero) is 1. The summed E-state index contributed by atoms with van der Waals surface area (Å²) in [5, 5.41) is 14.2. The fraction of sp³-hybridized carbons (Fsp3) is 0.250. The Morgan fingerprint density at radius 2 is 2.00 bits per heavy atom. The average molecular weight is 363 g/mol. The molecule has 0 unspecified atom stereocenters. The van der Waals surface area contributed by atoms with E-state index in [0.29, 0.717) is 30.1 Å². The average Bonchev–Trinajstić information content (AvgIpc) is 3.22. The number of carbonyl (C=O) groups is 1. The number of benzene rings is 2. The number of fused-ring (bicyclic) bond motifs is 3. The van der Waals surface area contributed by atoms with E-state index in [4.69, 9.17) is 4.99 Å². The Labute approximate surface area is 154 Å². The molecule has 5 rings (SSSR count). The molecule has 0 aliphatic carbocycles. The van der Waals surface area contributed by atoms with Gasteiger partial charge in [0.05, 0.1) is 11.2 Å². The number of rotatable bonds is 1. The summed E-state index contributed by atoms with van der Waals surface area (Å²) >= 11 is 1.42. The number of anilines is 1. The molecule has 0 radical (unpaired) electrons. The minimum Gasteiger partial charge on any atom is -0.374 e. The third-order valence-corrected chi connectivity index (χ3v) is 6.10. The van der Waals surface area contributed by atoms with Gasteiger partial charge in [0, 0.05) is 35.0 Å². The molecule has 2 aliphatic rings. The van der Waals surface area contributed by atoms with Gasteiger partial charge in [0.25, 0.3) is 0 Å². The van der Waals surface area contributed by atoms with Crippen LogP contribution in [0.4, 0.5) is 11.4 Å². The van der Waals surface area contributed by atoms with Crippen molar-refractivity contribution in [2.45, 2.75) is 25.9 Å². The van der Waals surface area contributed by atoms with Gasteiger partial charge in [0.1, 0.15) is 5.84 Å². The van der Waals surface area contributed by atoms with Crippen molar-refractivity contribution in [2.24, 2.45) is 4.99 Å². The highest BCUT2D eigenvalue weighted by molar-refractivity contribution is 7.04. The van der Waals surface area contributed by atoms with Crippen molar-refractivity contribution >= 4 is 45.4 Å². The highest BCUT2D eigenvalue weighted by atomic mass is 32.1. The number of hydrogen-bond acceptors (Lipinski definition) is 6. The summed E-state index contributed by atoms with van der Waals surface area (Å²) in [5.41, 5.74) is 3.53. The largest absolute Gasteiger partial charge is 0.374 e. The number of aliphatic hydroxyl groups is 1. The fourth-order valence-electron chi connectivity index (χ4n) is 3.76. The summed E-state index contributed by atoms with van der Waals surface area (Å²) in [6.45, 7) is 4.52.